The van der Waals surface area contributed by atoms with Gasteiger partial charge in [0.25, 0.3) is 11.8 Å². The normalized spacial score (nSPS) is 23.4. The first kappa shape index (κ1) is 19.0. The molecule has 3 amide bonds. The van der Waals surface area contributed by atoms with Crippen LogP contribution in [0.25, 0.3) is 11.4 Å². The third kappa shape index (κ3) is 4.09. The molecular formula is C20H22N6O3. The van der Waals surface area contributed by atoms with Crippen LogP contribution in [-0.2, 0) is 9.59 Å². The van der Waals surface area contributed by atoms with E-state index in [0.29, 0.717) is 5.82 Å². The topological polar surface area (TPSA) is 125 Å². The predicted octanol–water partition coefficient (Wildman–Crippen LogP) is 0.714. The summed E-state index contributed by atoms with van der Waals surface area (Å²) in [6.45, 7) is 0. The number of rotatable bonds is 3. The van der Waals surface area contributed by atoms with Gasteiger partial charge in [-0.25, -0.2) is 15.4 Å². The zero-order valence-electron chi connectivity index (χ0n) is 15.7. The average Bonchev–Trinajstić information content (AvgIpc) is 2.78. The lowest BCUT2D eigenvalue weighted by atomic mass is 9.73. The van der Waals surface area contributed by atoms with E-state index in [0.717, 1.165) is 31.2 Å². The Hall–Kier alpha value is -3.33. The fraction of sp³-hybridized carbons (Fsp3) is 0.350. The van der Waals surface area contributed by atoms with Gasteiger partial charge in [0.15, 0.2) is 5.82 Å². The highest BCUT2D eigenvalue weighted by molar-refractivity contribution is 5.96. The lowest BCUT2D eigenvalue weighted by molar-refractivity contribution is -0.138. The monoisotopic (exact) mass is 394 g/mol. The van der Waals surface area contributed by atoms with Gasteiger partial charge in [0, 0.05) is 23.9 Å². The summed E-state index contributed by atoms with van der Waals surface area (Å²) in [6.07, 6.45) is 6.36. The molecule has 2 fully saturated rings. The number of nitrogens with zero attached hydrogens (tertiary/aromatic N) is 2. The fourth-order valence-electron chi connectivity index (χ4n) is 3.94. The first-order valence-corrected chi connectivity index (χ1v) is 9.66. The third-order valence-corrected chi connectivity index (χ3v) is 5.46. The second kappa shape index (κ2) is 8.36. The Morgan fingerprint density at radius 3 is 2.48 bits per heavy atom. The quantitative estimate of drug-likeness (QED) is 0.569. The number of fused-ring (bicyclic) bond motifs is 1. The van der Waals surface area contributed by atoms with E-state index in [1.807, 2.05) is 30.3 Å². The molecule has 150 valence electrons. The van der Waals surface area contributed by atoms with E-state index in [4.69, 9.17) is 0 Å². The smallest absolute Gasteiger partial charge is 0.272 e. The molecule has 1 aliphatic heterocycles. The highest BCUT2D eigenvalue weighted by Crippen LogP contribution is 2.34. The molecular weight excluding hydrogens is 372 g/mol. The maximum absolute atomic E-state index is 12.6. The van der Waals surface area contributed by atoms with Crippen LogP contribution < -0.4 is 21.7 Å². The molecule has 29 heavy (non-hydrogen) atoms. The molecule has 3 atom stereocenters. The van der Waals surface area contributed by atoms with Crippen molar-refractivity contribution in [3.63, 3.8) is 0 Å². The molecule has 9 nitrogen and oxygen atoms in total. The summed E-state index contributed by atoms with van der Waals surface area (Å²) in [4.78, 5) is 45.3. The van der Waals surface area contributed by atoms with Crippen molar-refractivity contribution in [2.45, 2.75) is 31.7 Å². The van der Waals surface area contributed by atoms with Gasteiger partial charge >= 0.3 is 0 Å². The van der Waals surface area contributed by atoms with Crippen molar-refractivity contribution in [1.29, 1.82) is 0 Å². The summed E-state index contributed by atoms with van der Waals surface area (Å²) >= 11 is 0. The van der Waals surface area contributed by atoms with Crippen LogP contribution in [0.4, 0.5) is 0 Å². The number of aromatic nitrogens is 2. The molecule has 1 aliphatic carbocycles. The van der Waals surface area contributed by atoms with Crippen LogP contribution in [0.1, 0.15) is 36.0 Å². The number of nitrogens with one attached hydrogen (secondary N) is 4. The van der Waals surface area contributed by atoms with Gasteiger partial charge in [0.2, 0.25) is 5.91 Å². The molecule has 1 saturated heterocycles. The Bertz CT molecular complexity index is 902. The molecule has 2 aliphatic rings. The van der Waals surface area contributed by atoms with E-state index in [1.54, 1.807) is 0 Å². The third-order valence-electron chi connectivity index (χ3n) is 5.46. The lowest BCUT2D eigenvalue weighted by Gasteiger charge is -2.40. The molecule has 4 N–H and O–H groups in total. The zero-order chi connectivity index (χ0) is 20.2. The van der Waals surface area contributed by atoms with E-state index < -0.39 is 17.9 Å². The van der Waals surface area contributed by atoms with Gasteiger partial charge in [-0.2, -0.15) is 0 Å². The molecule has 0 spiro atoms. The van der Waals surface area contributed by atoms with Gasteiger partial charge in [-0.3, -0.25) is 30.7 Å². The van der Waals surface area contributed by atoms with E-state index in [9.17, 15) is 14.4 Å². The highest BCUT2D eigenvalue weighted by atomic mass is 16.2. The largest absolute Gasteiger partial charge is 0.291 e. The van der Waals surface area contributed by atoms with Crippen molar-refractivity contribution in [2.24, 2.45) is 11.8 Å². The minimum Gasteiger partial charge on any atom is -0.291 e. The van der Waals surface area contributed by atoms with Gasteiger partial charge in [0.1, 0.15) is 6.04 Å². The Balaban J connectivity index is 1.35. The van der Waals surface area contributed by atoms with Crippen molar-refractivity contribution in [3.05, 3.63) is 48.3 Å². The van der Waals surface area contributed by atoms with E-state index in [-0.39, 0.29) is 23.3 Å². The number of hydrazine groups is 2. The zero-order valence-corrected chi connectivity index (χ0v) is 15.7. The van der Waals surface area contributed by atoms with Crippen molar-refractivity contribution in [1.82, 2.24) is 31.7 Å². The number of benzene rings is 1. The maximum atomic E-state index is 12.6. The lowest BCUT2D eigenvalue weighted by Crippen LogP contribution is -2.65. The maximum Gasteiger partial charge on any atom is 0.272 e. The van der Waals surface area contributed by atoms with Crippen LogP contribution in [0.3, 0.4) is 0 Å². The average molecular weight is 394 g/mol. The first-order chi connectivity index (χ1) is 14.1. The van der Waals surface area contributed by atoms with Gasteiger partial charge in [-0.05, 0) is 18.8 Å². The van der Waals surface area contributed by atoms with Crippen molar-refractivity contribution < 1.29 is 14.4 Å². The van der Waals surface area contributed by atoms with Gasteiger partial charge in [-0.1, -0.05) is 43.2 Å². The summed E-state index contributed by atoms with van der Waals surface area (Å²) in [5.41, 5.74) is 11.2. The van der Waals surface area contributed by atoms with Crippen LogP contribution in [-0.4, -0.2) is 33.7 Å². The number of amides is 3. The molecule has 1 aromatic carbocycles. The Morgan fingerprint density at radius 2 is 1.72 bits per heavy atom. The van der Waals surface area contributed by atoms with Crippen LogP contribution in [0.5, 0.6) is 0 Å². The summed E-state index contributed by atoms with van der Waals surface area (Å²) in [7, 11) is 0. The molecule has 1 aromatic heterocycles. The van der Waals surface area contributed by atoms with Crippen molar-refractivity contribution in [3.8, 4) is 11.4 Å². The first-order valence-electron chi connectivity index (χ1n) is 9.66. The number of carbonyl (C=O) groups excluding carboxylic acids is 3. The fourth-order valence-corrected chi connectivity index (χ4v) is 3.94. The minimum absolute atomic E-state index is 0.0709. The molecule has 3 unspecified atom stereocenters. The van der Waals surface area contributed by atoms with Crippen LogP contribution in [0.2, 0.25) is 0 Å². The number of hydrogen-bond acceptors (Lipinski definition) is 6. The molecule has 1 saturated carbocycles. The standard InChI is InChI=1S/C20H22N6O3/c27-18(13-10-21-17(22-11-13)12-6-2-1-3-7-12)24-26-20(29)16-14-8-4-5-9-15(14)19(28)25-23-16/h1-3,6-7,10-11,14-16,23H,4-5,8-9H2,(H,24,27)(H,25,28)(H,26,29). The van der Waals surface area contributed by atoms with Crippen LogP contribution in [0.15, 0.2) is 42.7 Å². The van der Waals surface area contributed by atoms with Crippen molar-refractivity contribution in [2.75, 3.05) is 0 Å². The Morgan fingerprint density at radius 1 is 1.00 bits per heavy atom. The molecule has 0 radical (unpaired) electrons. The SMILES string of the molecule is O=C(NNC(=O)C1NNC(=O)C2CCCCC21)c1cnc(-c2ccccc2)nc1. The summed E-state index contributed by atoms with van der Waals surface area (Å²) < 4.78 is 0. The second-order valence-corrected chi connectivity index (χ2v) is 7.27. The molecule has 2 heterocycles. The predicted molar refractivity (Wildman–Crippen MR) is 104 cm³/mol. The van der Waals surface area contributed by atoms with Gasteiger partial charge < -0.3 is 0 Å². The molecule has 2 aromatic rings. The summed E-state index contributed by atoms with van der Waals surface area (Å²) in [6, 6.07) is 8.83. The van der Waals surface area contributed by atoms with Crippen molar-refractivity contribution >= 4 is 17.7 Å². The molecule has 0 bridgehead atoms. The van der Waals surface area contributed by atoms with E-state index in [2.05, 4.69) is 31.7 Å². The van der Waals surface area contributed by atoms with Gasteiger partial charge in [-0.15, -0.1) is 0 Å². The van der Waals surface area contributed by atoms with E-state index >= 15 is 0 Å². The second-order valence-electron chi connectivity index (χ2n) is 7.27. The summed E-state index contributed by atoms with van der Waals surface area (Å²) in [5.74, 6) is -0.719. The number of carbonyl (C=O) groups is 3. The number of hydrogen-bond donors (Lipinski definition) is 4. The Kier molecular flexibility index (Phi) is 5.48. The Labute approximate surface area is 167 Å². The van der Waals surface area contributed by atoms with E-state index in [1.165, 1.54) is 12.4 Å². The van der Waals surface area contributed by atoms with Crippen LogP contribution >= 0.6 is 0 Å². The molecule has 4 rings (SSSR count). The highest BCUT2D eigenvalue weighted by Gasteiger charge is 2.43. The van der Waals surface area contributed by atoms with Gasteiger partial charge in [0.05, 0.1) is 5.56 Å². The molecule has 9 heteroatoms. The summed E-state index contributed by atoms with van der Waals surface area (Å²) in [5, 5.41) is 0. The minimum atomic E-state index is -0.588. The van der Waals surface area contributed by atoms with Crippen LogP contribution in [0, 0.1) is 11.8 Å².